The van der Waals surface area contributed by atoms with E-state index in [0.717, 1.165) is 12.1 Å². The van der Waals surface area contributed by atoms with E-state index in [-0.39, 0.29) is 5.91 Å². The van der Waals surface area contributed by atoms with Crippen LogP contribution in [-0.2, 0) is 4.79 Å². The van der Waals surface area contributed by atoms with Crippen LogP contribution in [0.2, 0.25) is 0 Å². The van der Waals surface area contributed by atoms with Crippen LogP contribution in [0.1, 0.15) is 18.4 Å². The Balaban J connectivity index is 1.97. The molecule has 1 aromatic rings. The molecule has 0 aromatic heterocycles. The molecular formula is C15H19NO3. The van der Waals surface area contributed by atoms with Crippen molar-refractivity contribution in [1.29, 1.82) is 0 Å². The lowest BCUT2D eigenvalue weighted by Crippen LogP contribution is -2.23. The summed E-state index contributed by atoms with van der Waals surface area (Å²) in [5.74, 6) is 2.04. The Labute approximate surface area is 113 Å². The molecule has 0 heterocycles. The summed E-state index contributed by atoms with van der Waals surface area (Å²) in [6.07, 6.45) is 5.76. The Bertz CT molecular complexity index is 456. The average molecular weight is 261 g/mol. The van der Waals surface area contributed by atoms with Gasteiger partial charge in [-0.2, -0.15) is 0 Å². The van der Waals surface area contributed by atoms with Crippen LogP contribution in [0, 0.1) is 5.92 Å². The fourth-order valence-corrected chi connectivity index (χ4v) is 1.72. The van der Waals surface area contributed by atoms with Gasteiger partial charge in [-0.3, -0.25) is 4.79 Å². The lowest BCUT2D eigenvalue weighted by molar-refractivity contribution is -0.116. The molecule has 0 spiro atoms. The molecule has 0 radical (unpaired) electrons. The molecule has 1 N–H and O–H groups in total. The van der Waals surface area contributed by atoms with Gasteiger partial charge in [0.15, 0.2) is 0 Å². The van der Waals surface area contributed by atoms with Gasteiger partial charge in [0.25, 0.3) is 0 Å². The molecule has 0 atom stereocenters. The van der Waals surface area contributed by atoms with E-state index in [2.05, 4.69) is 5.32 Å². The smallest absolute Gasteiger partial charge is 0.244 e. The van der Waals surface area contributed by atoms with Crippen LogP contribution in [0.5, 0.6) is 11.5 Å². The van der Waals surface area contributed by atoms with Gasteiger partial charge in [-0.1, -0.05) is 0 Å². The van der Waals surface area contributed by atoms with Crippen molar-refractivity contribution < 1.29 is 14.3 Å². The Morgan fingerprint density at radius 2 is 1.89 bits per heavy atom. The minimum atomic E-state index is -0.0614. The summed E-state index contributed by atoms with van der Waals surface area (Å²) in [7, 11) is 3.20. The molecule has 0 unspecified atom stereocenters. The van der Waals surface area contributed by atoms with Crippen LogP contribution in [-0.4, -0.2) is 26.7 Å². The van der Waals surface area contributed by atoms with E-state index in [4.69, 9.17) is 9.47 Å². The number of amides is 1. The van der Waals surface area contributed by atoms with Gasteiger partial charge in [0.05, 0.1) is 14.2 Å². The first-order valence-electron chi connectivity index (χ1n) is 6.40. The predicted molar refractivity (Wildman–Crippen MR) is 74.3 cm³/mol. The first kappa shape index (κ1) is 13.5. The Morgan fingerprint density at radius 3 is 2.42 bits per heavy atom. The second kappa shape index (κ2) is 6.27. The van der Waals surface area contributed by atoms with Gasteiger partial charge in [-0.15, -0.1) is 0 Å². The first-order valence-corrected chi connectivity index (χ1v) is 6.40. The molecule has 0 saturated heterocycles. The summed E-state index contributed by atoms with van der Waals surface area (Å²) in [6, 6.07) is 5.50. The summed E-state index contributed by atoms with van der Waals surface area (Å²) in [6.45, 7) is 0.782. The van der Waals surface area contributed by atoms with Crippen molar-refractivity contribution in [3.05, 3.63) is 29.8 Å². The van der Waals surface area contributed by atoms with Crippen LogP contribution in [0.25, 0.3) is 6.08 Å². The summed E-state index contributed by atoms with van der Waals surface area (Å²) in [5, 5.41) is 2.88. The van der Waals surface area contributed by atoms with Gasteiger partial charge >= 0.3 is 0 Å². The van der Waals surface area contributed by atoms with Crippen LogP contribution >= 0.6 is 0 Å². The third-order valence-electron chi connectivity index (χ3n) is 3.06. The monoisotopic (exact) mass is 261 g/mol. The lowest BCUT2D eigenvalue weighted by Gasteiger charge is -2.05. The maximum absolute atomic E-state index is 11.6. The molecule has 4 heteroatoms. The fourth-order valence-electron chi connectivity index (χ4n) is 1.72. The maximum Gasteiger partial charge on any atom is 0.244 e. The van der Waals surface area contributed by atoms with Crippen molar-refractivity contribution in [2.45, 2.75) is 12.8 Å². The summed E-state index contributed by atoms with van der Waals surface area (Å²) < 4.78 is 10.4. The van der Waals surface area contributed by atoms with Crippen LogP contribution in [0.4, 0.5) is 0 Å². The lowest BCUT2D eigenvalue weighted by atomic mass is 10.2. The van der Waals surface area contributed by atoms with Crippen molar-refractivity contribution in [3.63, 3.8) is 0 Å². The fraction of sp³-hybridized carbons (Fsp3) is 0.400. The van der Waals surface area contributed by atoms with Crippen LogP contribution < -0.4 is 14.8 Å². The number of rotatable bonds is 6. The molecule has 0 aliphatic heterocycles. The predicted octanol–water partition coefficient (Wildman–Crippen LogP) is 2.24. The second-order valence-electron chi connectivity index (χ2n) is 4.67. The molecule has 2 rings (SSSR count). The van der Waals surface area contributed by atoms with Gasteiger partial charge in [0.1, 0.15) is 11.5 Å². The van der Waals surface area contributed by atoms with Crippen molar-refractivity contribution in [2.75, 3.05) is 20.8 Å². The normalized spacial score (nSPS) is 14.4. The average Bonchev–Trinajstić information content (AvgIpc) is 3.26. The summed E-state index contributed by atoms with van der Waals surface area (Å²) in [5.41, 5.74) is 0.873. The van der Waals surface area contributed by atoms with E-state index in [1.807, 2.05) is 12.1 Å². The van der Waals surface area contributed by atoms with Crippen LogP contribution in [0.3, 0.4) is 0 Å². The quantitative estimate of drug-likeness (QED) is 0.799. The van der Waals surface area contributed by atoms with Crippen molar-refractivity contribution >= 4 is 12.0 Å². The first-order chi connectivity index (χ1) is 9.21. The number of benzene rings is 1. The Kier molecular flexibility index (Phi) is 4.44. The number of methoxy groups -OCH3 is 2. The molecule has 19 heavy (non-hydrogen) atoms. The van der Waals surface area contributed by atoms with E-state index >= 15 is 0 Å². The zero-order valence-electron chi connectivity index (χ0n) is 11.3. The van der Waals surface area contributed by atoms with E-state index < -0.39 is 0 Å². The molecule has 1 amide bonds. The molecule has 4 nitrogen and oxygen atoms in total. The largest absolute Gasteiger partial charge is 0.497 e. The standard InChI is InChI=1S/C15H19NO3/c1-18-13-7-12(8-14(9-13)19-2)5-6-15(17)16-10-11-3-4-11/h5-9,11H,3-4,10H2,1-2H3,(H,16,17). The number of hydrogen-bond acceptors (Lipinski definition) is 3. The molecule has 1 fully saturated rings. The van der Waals surface area contributed by atoms with Crippen molar-refractivity contribution in [3.8, 4) is 11.5 Å². The van der Waals surface area contributed by atoms with E-state index in [1.54, 1.807) is 26.4 Å². The van der Waals surface area contributed by atoms with Gasteiger partial charge < -0.3 is 14.8 Å². The summed E-state index contributed by atoms with van der Waals surface area (Å²) >= 11 is 0. The minimum Gasteiger partial charge on any atom is -0.497 e. The molecule has 0 bridgehead atoms. The molecule has 1 saturated carbocycles. The highest BCUT2D eigenvalue weighted by Crippen LogP contribution is 2.27. The van der Waals surface area contributed by atoms with E-state index in [1.165, 1.54) is 18.9 Å². The number of nitrogens with one attached hydrogen (secondary N) is 1. The molecule has 1 aliphatic carbocycles. The van der Waals surface area contributed by atoms with Gasteiger partial charge in [-0.05, 0) is 42.5 Å². The SMILES string of the molecule is COc1cc(C=CC(=O)NCC2CC2)cc(OC)c1. The second-order valence-corrected chi connectivity index (χ2v) is 4.67. The van der Waals surface area contributed by atoms with Crippen molar-refractivity contribution in [1.82, 2.24) is 5.32 Å². The molecule has 102 valence electrons. The van der Waals surface area contributed by atoms with Gasteiger partial charge in [-0.25, -0.2) is 0 Å². The minimum absolute atomic E-state index is 0.0614. The highest BCUT2D eigenvalue weighted by atomic mass is 16.5. The van der Waals surface area contributed by atoms with E-state index in [9.17, 15) is 4.79 Å². The third-order valence-corrected chi connectivity index (χ3v) is 3.06. The highest BCUT2D eigenvalue weighted by Gasteiger charge is 2.20. The number of carbonyl (C=O) groups excluding carboxylic acids is 1. The zero-order chi connectivity index (χ0) is 13.7. The van der Waals surface area contributed by atoms with Gasteiger partial charge in [0.2, 0.25) is 5.91 Å². The molecule has 1 aliphatic rings. The Hall–Kier alpha value is -1.97. The number of carbonyl (C=O) groups is 1. The molecular weight excluding hydrogens is 242 g/mol. The van der Waals surface area contributed by atoms with Crippen LogP contribution in [0.15, 0.2) is 24.3 Å². The highest BCUT2D eigenvalue weighted by molar-refractivity contribution is 5.91. The molecule has 1 aromatic carbocycles. The topological polar surface area (TPSA) is 47.6 Å². The number of ether oxygens (including phenoxy) is 2. The number of hydrogen-bond donors (Lipinski definition) is 1. The maximum atomic E-state index is 11.6. The summed E-state index contributed by atoms with van der Waals surface area (Å²) in [4.78, 5) is 11.6. The Morgan fingerprint density at radius 1 is 1.26 bits per heavy atom. The third kappa shape index (κ3) is 4.32. The van der Waals surface area contributed by atoms with Crippen molar-refractivity contribution in [2.24, 2.45) is 5.92 Å². The van der Waals surface area contributed by atoms with E-state index in [0.29, 0.717) is 17.4 Å². The van der Waals surface area contributed by atoms with Gasteiger partial charge in [0, 0.05) is 18.7 Å². The zero-order valence-corrected chi connectivity index (χ0v) is 11.3.